The molecule has 0 spiro atoms. The molecule has 12 nitrogen and oxygen atoms in total. The van der Waals surface area contributed by atoms with Gasteiger partial charge in [0.25, 0.3) is 15.8 Å². The zero-order valence-electron chi connectivity index (χ0n) is 20.2. The van der Waals surface area contributed by atoms with Gasteiger partial charge in [-0.25, -0.2) is 0 Å². The summed E-state index contributed by atoms with van der Waals surface area (Å²) >= 11 is 0. The van der Waals surface area contributed by atoms with Crippen molar-refractivity contribution in [2.75, 3.05) is 45.4 Å². The van der Waals surface area contributed by atoms with Gasteiger partial charge < -0.3 is 19.7 Å². The lowest BCUT2D eigenvalue weighted by Gasteiger charge is -2.20. The first-order chi connectivity index (χ1) is 16.5. The Kier molecular flexibility index (Phi) is 7.83. The smallest absolute Gasteiger partial charge is 0.293 e. The van der Waals surface area contributed by atoms with Gasteiger partial charge in [0.15, 0.2) is 11.5 Å². The average Bonchev–Trinajstić information content (AvgIpc) is 3.17. The molecule has 0 aliphatic carbocycles. The highest BCUT2D eigenvalue weighted by molar-refractivity contribution is 7.85. The molecule has 0 bridgehead atoms. The summed E-state index contributed by atoms with van der Waals surface area (Å²) in [6.07, 6.45) is 0.715. The molecule has 4 rings (SSSR count). The third kappa shape index (κ3) is 5.63. The summed E-state index contributed by atoms with van der Waals surface area (Å²) in [5, 5.41) is 20.5. The molecule has 0 amide bonds. The van der Waals surface area contributed by atoms with Gasteiger partial charge in [0.2, 0.25) is 0 Å². The molecule has 0 atom stereocenters. The van der Waals surface area contributed by atoms with Crippen LogP contribution in [0.4, 0.5) is 17.1 Å². The number of aromatic nitrogens is 2. The van der Waals surface area contributed by atoms with Gasteiger partial charge in [-0.1, -0.05) is 13.8 Å². The Morgan fingerprint density at radius 3 is 2.31 bits per heavy atom. The normalized spacial score (nSPS) is 12.0. The van der Waals surface area contributed by atoms with Crippen LogP contribution in [0.15, 0.2) is 24.3 Å². The topological polar surface area (TPSA) is 149 Å². The minimum atomic E-state index is -3.67. The molecule has 0 fully saturated rings. The van der Waals surface area contributed by atoms with E-state index < -0.39 is 10.1 Å². The van der Waals surface area contributed by atoms with E-state index in [0.29, 0.717) is 41.4 Å². The van der Waals surface area contributed by atoms with E-state index in [-0.39, 0.29) is 10.6 Å². The van der Waals surface area contributed by atoms with Crippen LogP contribution in [0.2, 0.25) is 0 Å². The van der Waals surface area contributed by atoms with Crippen molar-refractivity contribution in [2.24, 2.45) is 0 Å². The third-order valence-corrected chi connectivity index (χ3v) is 5.65. The van der Waals surface area contributed by atoms with Gasteiger partial charge in [0.1, 0.15) is 11.4 Å². The summed E-state index contributed by atoms with van der Waals surface area (Å²) in [5.74, 6) is 1.13. The summed E-state index contributed by atoms with van der Waals surface area (Å²) in [7, 11) is -0.527. The lowest BCUT2D eigenvalue weighted by Crippen LogP contribution is -2.27. The highest BCUT2D eigenvalue weighted by Crippen LogP contribution is 2.49. The lowest BCUT2D eigenvalue weighted by atomic mass is 9.98. The van der Waals surface area contributed by atoms with Crippen LogP contribution in [0.25, 0.3) is 22.2 Å². The van der Waals surface area contributed by atoms with Crippen LogP contribution in [-0.4, -0.2) is 72.7 Å². The number of nitrogens with zero attached hydrogens (tertiary/aromatic N) is 4. The SMILES string of the molecule is CCN(CC)CCn1nc2c3c(c([N+](=O)[O-])ccc31)Nc1cc(OC)c(OC)cc1-2.CS(=O)(=O)O. The Morgan fingerprint density at radius 2 is 1.77 bits per heavy atom. The van der Waals surface area contributed by atoms with Crippen molar-refractivity contribution in [2.45, 2.75) is 20.4 Å². The number of ether oxygens (including phenoxy) is 2. The molecular weight excluding hydrogens is 478 g/mol. The lowest BCUT2D eigenvalue weighted by molar-refractivity contribution is -0.383. The Bertz CT molecular complexity index is 1340. The minimum absolute atomic E-state index is 0.0208. The van der Waals surface area contributed by atoms with Gasteiger partial charge >= 0.3 is 0 Å². The van der Waals surface area contributed by atoms with Gasteiger partial charge in [-0.3, -0.25) is 19.3 Å². The monoisotopic (exact) mass is 507 g/mol. The van der Waals surface area contributed by atoms with Crippen molar-refractivity contribution < 1.29 is 27.4 Å². The number of nitro groups is 1. The van der Waals surface area contributed by atoms with Crippen molar-refractivity contribution in [1.82, 2.24) is 14.7 Å². The molecule has 0 saturated carbocycles. The molecule has 1 aromatic heterocycles. The zero-order chi connectivity index (χ0) is 25.9. The molecule has 0 saturated heterocycles. The molecule has 0 radical (unpaired) electrons. The molecule has 35 heavy (non-hydrogen) atoms. The predicted octanol–water partition coefficient (Wildman–Crippen LogP) is 3.53. The molecule has 2 heterocycles. The van der Waals surface area contributed by atoms with Crippen LogP contribution in [-0.2, 0) is 16.7 Å². The van der Waals surface area contributed by atoms with Gasteiger partial charge in [-0.05, 0) is 25.2 Å². The van der Waals surface area contributed by atoms with E-state index in [1.54, 1.807) is 26.4 Å². The first-order valence-electron chi connectivity index (χ1n) is 10.9. The van der Waals surface area contributed by atoms with Crippen molar-refractivity contribution in [3.8, 4) is 22.8 Å². The highest BCUT2D eigenvalue weighted by atomic mass is 32.2. The van der Waals surface area contributed by atoms with E-state index in [4.69, 9.17) is 19.1 Å². The predicted molar refractivity (Wildman–Crippen MR) is 133 cm³/mol. The molecule has 190 valence electrons. The standard InChI is InChI=1S/C21H25N5O4.CH4O3S/c1-5-24(6-2)9-10-25-15-7-8-16(26(27)28)21-19(15)20(23-25)13-11-17(29-3)18(30-4)12-14(13)22-21;1-5(2,3)4/h7-8,11-12,22H,5-6,9-10H2,1-4H3;1H3,(H,2,3,4). The van der Waals surface area contributed by atoms with Crippen molar-refractivity contribution in [1.29, 1.82) is 0 Å². The molecule has 1 aliphatic heterocycles. The fraction of sp³-hybridized carbons (Fsp3) is 0.409. The maximum absolute atomic E-state index is 11.7. The number of benzene rings is 2. The molecular formula is C22H29N5O7S. The quantitative estimate of drug-likeness (QED) is 0.206. The second-order valence-electron chi connectivity index (χ2n) is 7.82. The summed E-state index contributed by atoms with van der Waals surface area (Å²) < 4.78 is 38.7. The zero-order valence-corrected chi connectivity index (χ0v) is 21.0. The van der Waals surface area contributed by atoms with Gasteiger partial charge in [0.05, 0.1) is 48.5 Å². The van der Waals surface area contributed by atoms with Crippen molar-refractivity contribution >= 4 is 38.1 Å². The highest BCUT2D eigenvalue weighted by Gasteiger charge is 2.30. The van der Waals surface area contributed by atoms with Crippen LogP contribution in [0, 0.1) is 10.1 Å². The van der Waals surface area contributed by atoms with E-state index >= 15 is 0 Å². The second kappa shape index (κ2) is 10.5. The molecule has 2 aromatic carbocycles. The maximum Gasteiger partial charge on any atom is 0.293 e. The summed E-state index contributed by atoms with van der Waals surface area (Å²) in [5.41, 5.74) is 3.58. The van der Waals surface area contributed by atoms with Crippen LogP contribution in [0.1, 0.15) is 13.8 Å². The second-order valence-corrected chi connectivity index (χ2v) is 9.29. The summed E-state index contributed by atoms with van der Waals surface area (Å²) in [4.78, 5) is 13.6. The van der Waals surface area contributed by atoms with E-state index in [0.717, 1.165) is 36.1 Å². The number of nitrogens with one attached hydrogen (secondary N) is 1. The summed E-state index contributed by atoms with van der Waals surface area (Å²) in [6, 6.07) is 6.97. The first kappa shape index (κ1) is 26.2. The molecule has 13 heteroatoms. The van der Waals surface area contributed by atoms with E-state index in [2.05, 4.69) is 24.1 Å². The number of hydrogen-bond acceptors (Lipinski definition) is 9. The van der Waals surface area contributed by atoms with Gasteiger partial charge in [-0.2, -0.15) is 13.5 Å². The number of hydrogen-bond donors (Lipinski definition) is 2. The Balaban J connectivity index is 0.000000623. The molecule has 3 aromatic rings. The number of nitro benzene ring substituents is 1. The Hall–Kier alpha value is -3.42. The molecule has 1 aliphatic rings. The fourth-order valence-electron chi connectivity index (χ4n) is 3.99. The van der Waals surface area contributed by atoms with Crippen LogP contribution < -0.4 is 14.8 Å². The van der Waals surface area contributed by atoms with E-state index in [1.165, 1.54) is 6.07 Å². The van der Waals surface area contributed by atoms with Crippen molar-refractivity contribution in [3.05, 3.63) is 34.4 Å². The number of fused-ring (bicyclic) bond motifs is 2. The van der Waals surface area contributed by atoms with E-state index in [1.807, 2.05) is 10.7 Å². The van der Waals surface area contributed by atoms with Crippen LogP contribution in [0.3, 0.4) is 0 Å². The Labute approximate surface area is 203 Å². The largest absolute Gasteiger partial charge is 0.493 e. The number of methoxy groups -OCH3 is 2. The molecule has 2 N–H and O–H groups in total. The van der Waals surface area contributed by atoms with E-state index in [9.17, 15) is 18.5 Å². The van der Waals surface area contributed by atoms with Gasteiger partial charge in [-0.15, -0.1) is 0 Å². The number of anilines is 2. The maximum atomic E-state index is 11.7. The first-order valence-corrected chi connectivity index (χ1v) is 12.7. The fourth-order valence-corrected chi connectivity index (χ4v) is 3.99. The number of likely N-dealkylation sites (N-methyl/N-ethyl adjacent to an activating group) is 1. The van der Waals surface area contributed by atoms with Crippen molar-refractivity contribution in [3.63, 3.8) is 0 Å². The van der Waals surface area contributed by atoms with Crippen LogP contribution in [0.5, 0.6) is 11.5 Å². The number of rotatable bonds is 8. The van der Waals surface area contributed by atoms with Crippen LogP contribution >= 0.6 is 0 Å². The Morgan fingerprint density at radius 1 is 1.17 bits per heavy atom. The average molecular weight is 508 g/mol. The molecule has 0 unspecified atom stereocenters. The summed E-state index contributed by atoms with van der Waals surface area (Å²) in [6.45, 7) is 7.72. The van der Waals surface area contributed by atoms with Gasteiger partial charge in [0, 0.05) is 24.2 Å². The third-order valence-electron chi connectivity index (χ3n) is 5.65. The minimum Gasteiger partial charge on any atom is -0.493 e.